The molecule has 16 heavy (non-hydrogen) atoms. The highest BCUT2D eigenvalue weighted by atomic mass is 35.5. The molecule has 1 heterocycles. The maximum atomic E-state index is 5.76. The molecule has 0 aliphatic rings. The van der Waals surface area contributed by atoms with Crippen LogP contribution in [0.4, 0.5) is 5.82 Å². The molecule has 0 atom stereocenters. The Kier molecular flexibility index (Phi) is 5.00. The van der Waals surface area contributed by atoms with Crippen molar-refractivity contribution in [2.45, 2.75) is 33.6 Å². The van der Waals surface area contributed by atoms with Crippen molar-refractivity contribution in [2.75, 3.05) is 17.7 Å². The molecule has 90 valence electrons. The van der Waals surface area contributed by atoms with E-state index in [9.17, 15) is 0 Å². The maximum absolute atomic E-state index is 5.76. The monoisotopic (exact) mass is 241 g/mol. The fourth-order valence-electron chi connectivity index (χ4n) is 1.36. The van der Waals surface area contributed by atoms with Crippen LogP contribution in [0.25, 0.3) is 0 Å². The van der Waals surface area contributed by atoms with E-state index in [2.05, 4.69) is 36.1 Å². The lowest BCUT2D eigenvalue weighted by molar-refractivity contribution is 0.379. The predicted molar refractivity (Wildman–Crippen MR) is 69.0 cm³/mol. The van der Waals surface area contributed by atoms with Crippen LogP contribution in [-0.2, 0) is 6.42 Å². The summed E-state index contributed by atoms with van der Waals surface area (Å²) in [4.78, 5) is 8.36. The van der Waals surface area contributed by atoms with Gasteiger partial charge in [0.15, 0.2) is 0 Å². The first-order valence-electron chi connectivity index (χ1n) is 5.68. The number of nitrogens with zero attached hydrogens (tertiary/aromatic N) is 2. The summed E-state index contributed by atoms with van der Waals surface area (Å²) in [5.74, 6) is 1.59. The summed E-state index contributed by atoms with van der Waals surface area (Å²) in [5, 5.41) is 3.33. The van der Waals surface area contributed by atoms with E-state index in [4.69, 9.17) is 11.6 Å². The second-order valence-corrected chi connectivity index (χ2v) is 5.08. The van der Waals surface area contributed by atoms with E-state index >= 15 is 0 Å². The average molecular weight is 242 g/mol. The van der Waals surface area contributed by atoms with Crippen molar-refractivity contribution in [3.8, 4) is 0 Å². The zero-order valence-corrected chi connectivity index (χ0v) is 11.0. The second-order valence-electron chi connectivity index (χ2n) is 4.70. The number of rotatable bonds is 6. The topological polar surface area (TPSA) is 37.8 Å². The van der Waals surface area contributed by atoms with E-state index in [0.717, 1.165) is 30.9 Å². The van der Waals surface area contributed by atoms with Crippen LogP contribution in [0, 0.1) is 5.41 Å². The molecular weight excluding hydrogens is 222 g/mol. The largest absolute Gasteiger partial charge is 0.369 e. The van der Waals surface area contributed by atoms with Gasteiger partial charge in [0.25, 0.3) is 0 Å². The number of hydrogen-bond donors (Lipinski definition) is 1. The van der Waals surface area contributed by atoms with Crippen LogP contribution >= 0.6 is 11.6 Å². The zero-order valence-electron chi connectivity index (χ0n) is 10.3. The Bertz CT molecular complexity index is 326. The fraction of sp³-hybridized carbons (Fsp3) is 0.667. The van der Waals surface area contributed by atoms with E-state index in [-0.39, 0.29) is 5.41 Å². The molecule has 0 fully saturated rings. The number of anilines is 1. The lowest BCUT2D eigenvalue weighted by atomic mass is 9.90. The van der Waals surface area contributed by atoms with E-state index in [0.29, 0.717) is 5.88 Å². The van der Waals surface area contributed by atoms with Gasteiger partial charge in [-0.2, -0.15) is 0 Å². The van der Waals surface area contributed by atoms with Crippen LogP contribution in [0.15, 0.2) is 12.4 Å². The SMILES string of the molecule is CCc1cc(NCC(C)(C)CCCl)ncn1. The molecule has 1 rings (SSSR count). The molecule has 0 amide bonds. The normalized spacial score (nSPS) is 11.5. The van der Waals surface area contributed by atoms with Crippen LogP contribution in [0.2, 0.25) is 0 Å². The molecule has 0 aliphatic carbocycles. The fourth-order valence-corrected chi connectivity index (χ4v) is 1.87. The molecule has 1 aromatic heterocycles. The van der Waals surface area contributed by atoms with Crippen molar-refractivity contribution in [2.24, 2.45) is 5.41 Å². The molecular formula is C12H20ClN3. The lowest BCUT2D eigenvalue weighted by Gasteiger charge is -2.24. The zero-order chi connectivity index (χ0) is 12.0. The molecule has 0 saturated carbocycles. The third-order valence-corrected chi connectivity index (χ3v) is 2.79. The van der Waals surface area contributed by atoms with Gasteiger partial charge in [0.05, 0.1) is 0 Å². The Balaban J connectivity index is 2.53. The Morgan fingerprint density at radius 2 is 2.12 bits per heavy atom. The molecule has 0 aliphatic heterocycles. The van der Waals surface area contributed by atoms with Crippen LogP contribution in [0.3, 0.4) is 0 Å². The van der Waals surface area contributed by atoms with Gasteiger partial charge in [-0.1, -0.05) is 20.8 Å². The van der Waals surface area contributed by atoms with E-state index in [1.165, 1.54) is 0 Å². The van der Waals surface area contributed by atoms with E-state index < -0.39 is 0 Å². The number of alkyl halides is 1. The van der Waals surface area contributed by atoms with Gasteiger partial charge in [-0.05, 0) is 18.3 Å². The summed E-state index contributed by atoms with van der Waals surface area (Å²) < 4.78 is 0. The van der Waals surface area contributed by atoms with Gasteiger partial charge in [-0.15, -0.1) is 11.6 Å². The quantitative estimate of drug-likeness (QED) is 0.778. The summed E-state index contributed by atoms with van der Waals surface area (Å²) in [6.45, 7) is 7.36. The number of halogens is 1. The maximum Gasteiger partial charge on any atom is 0.129 e. The Hall–Kier alpha value is -0.830. The van der Waals surface area contributed by atoms with Crippen LogP contribution in [0.5, 0.6) is 0 Å². The van der Waals surface area contributed by atoms with Gasteiger partial charge in [0.2, 0.25) is 0 Å². The first-order valence-corrected chi connectivity index (χ1v) is 6.21. The first kappa shape index (κ1) is 13.2. The molecule has 3 nitrogen and oxygen atoms in total. The van der Waals surface area contributed by atoms with Gasteiger partial charge in [-0.3, -0.25) is 0 Å². The minimum atomic E-state index is 0.194. The molecule has 0 aromatic carbocycles. The van der Waals surface area contributed by atoms with Crippen molar-refractivity contribution < 1.29 is 0 Å². The number of aryl methyl sites for hydroxylation is 1. The van der Waals surface area contributed by atoms with Crippen LogP contribution in [-0.4, -0.2) is 22.4 Å². The third-order valence-electron chi connectivity index (χ3n) is 2.61. The Morgan fingerprint density at radius 1 is 1.38 bits per heavy atom. The summed E-state index contributed by atoms with van der Waals surface area (Å²) in [6, 6.07) is 2.00. The summed E-state index contributed by atoms with van der Waals surface area (Å²) in [7, 11) is 0. The minimum Gasteiger partial charge on any atom is -0.369 e. The molecule has 0 radical (unpaired) electrons. The minimum absolute atomic E-state index is 0.194. The number of aromatic nitrogens is 2. The van der Waals surface area contributed by atoms with Gasteiger partial charge in [-0.25, -0.2) is 9.97 Å². The number of nitrogens with one attached hydrogen (secondary N) is 1. The molecule has 1 N–H and O–H groups in total. The summed E-state index contributed by atoms with van der Waals surface area (Å²) in [6.07, 6.45) is 3.53. The van der Waals surface area contributed by atoms with Crippen LogP contribution in [0.1, 0.15) is 32.9 Å². The highest BCUT2D eigenvalue weighted by molar-refractivity contribution is 6.17. The van der Waals surface area contributed by atoms with E-state index in [1.807, 2.05) is 6.07 Å². The highest BCUT2D eigenvalue weighted by Gasteiger charge is 2.16. The van der Waals surface area contributed by atoms with Crippen LogP contribution < -0.4 is 5.32 Å². The lowest BCUT2D eigenvalue weighted by Crippen LogP contribution is -2.24. The first-order chi connectivity index (χ1) is 7.57. The Morgan fingerprint density at radius 3 is 2.75 bits per heavy atom. The number of hydrogen-bond acceptors (Lipinski definition) is 3. The highest BCUT2D eigenvalue weighted by Crippen LogP contribution is 2.21. The predicted octanol–water partition coefficient (Wildman–Crippen LogP) is 3.11. The van der Waals surface area contributed by atoms with Gasteiger partial charge in [0, 0.05) is 24.2 Å². The molecule has 1 aromatic rings. The van der Waals surface area contributed by atoms with Gasteiger partial charge in [0.1, 0.15) is 12.1 Å². The summed E-state index contributed by atoms with van der Waals surface area (Å²) in [5.41, 5.74) is 1.26. The van der Waals surface area contributed by atoms with Gasteiger partial charge < -0.3 is 5.32 Å². The van der Waals surface area contributed by atoms with Gasteiger partial charge >= 0.3 is 0 Å². The Labute approximate surface area is 103 Å². The average Bonchev–Trinajstić information content (AvgIpc) is 2.27. The smallest absolute Gasteiger partial charge is 0.129 e. The summed E-state index contributed by atoms with van der Waals surface area (Å²) >= 11 is 5.76. The standard InChI is InChI=1S/C12H20ClN3/c1-4-10-7-11(16-9-15-10)14-8-12(2,3)5-6-13/h7,9H,4-6,8H2,1-3H3,(H,14,15,16). The third kappa shape index (κ3) is 4.35. The van der Waals surface area contributed by atoms with E-state index in [1.54, 1.807) is 6.33 Å². The molecule has 0 bridgehead atoms. The van der Waals surface area contributed by atoms with Crippen molar-refractivity contribution in [3.05, 3.63) is 18.1 Å². The molecule has 0 saturated heterocycles. The van der Waals surface area contributed by atoms with Crippen molar-refractivity contribution >= 4 is 17.4 Å². The van der Waals surface area contributed by atoms with Crippen molar-refractivity contribution in [3.63, 3.8) is 0 Å². The van der Waals surface area contributed by atoms with Crippen molar-refractivity contribution in [1.82, 2.24) is 9.97 Å². The van der Waals surface area contributed by atoms with Crippen molar-refractivity contribution in [1.29, 1.82) is 0 Å². The molecule has 4 heteroatoms. The second kappa shape index (κ2) is 6.04. The molecule has 0 unspecified atom stereocenters. The molecule has 0 spiro atoms.